The molecule has 0 radical (unpaired) electrons. The van der Waals surface area contributed by atoms with Gasteiger partial charge in [-0.05, 0) is 77.0 Å². The van der Waals surface area contributed by atoms with Gasteiger partial charge in [0.15, 0.2) is 6.10 Å². The van der Waals surface area contributed by atoms with Crippen molar-refractivity contribution in [3.05, 3.63) is 48.6 Å². The highest BCUT2D eigenvalue weighted by molar-refractivity contribution is 5.71. The van der Waals surface area contributed by atoms with Crippen LogP contribution < -0.4 is 0 Å². The van der Waals surface area contributed by atoms with E-state index in [0.29, 0.717) is 19.3 Å². The van der Waals surface area contributed by atoms with E-state index in [9.17, 15) is 14.4 Å². The Bertz CT molecular complexity index is 1170. The van der Waals surface area contributed by atoms with Crippen molar-refractivity contribution in [2.75, 3.05) is 13.2 Å². The van der Waals surface area contributed by atoms with Crippen molar-refractivity contribution in [2.45, 2.75) is 309 Å². The van der Waals surface area contributed by atoms with Crippen molar-refractivity contribution in [1.82, 2.24) is 0 Å². The molecule has 0 bridgehead atoms. The molecule has 6 nitrogen and oxygen atoms in total. The molecule has 0 aliphatic rings. The summed E-state index contributed by atoms with van der Waals surface area (Å²) in [5.41, 5.74) is 0. The van der Waals surface area contributed by atoms with Crippen LogP contribution in [0, 0.1) is 0 Å². The van der Waals surface area contributed by atoms with Crippen LogP contribution >= 0.6 is 0 Å². The highest BCUT2D eigenvalue weighted by atomic mass is 16.6. The Labute approximate surface area is 416 Å². The third kappa shape index (κ3) is 54.2. The molecule has 0 aliphatic carbocycles. The predicted octanol–water partition coefficient (Wildman–Crippen LogP) is 19.4. The number of esters is 3. The fraction of sp³-hybridized carbons (Fsp3) is 0.820. The SMILES string of the molecule is CC/C=C\C/C=C\C/C=C\CCCCCCCC(=O)OC(COC(=O)CCCCCCC/C=C\CCCCC)COC(=O)CCCCCCCCCCCCCCCCCCCCCCCC. The smallest absolute Gasteiger partial charge is 0.306 e. The molecule has 0 heterocycles. The van der Waals surface area contributed by atoms with Crippen LogP contribution in [0.4, 0.5) is 0 Å². The maximum Gasteiger partial charge on any atom is 0.306 e. The van der Waals surface area contributed by atoms with Gasteiger partial charge in [-0.1, -0.05) is 256 Å². The normalized spacial score (nSPS) is 12.3. The van der Waals surface area contributed by atoms with Gasteiger partial charge in [-0.15, -0.1) is 0 Å². The van der Waals surface area contributed by atoms with Gasteiger partial charge >= 0.3 is 17.9 Å². The van der Waals surface area contributed by atoms with E-state index in [0.717, 1.165) is 103 Å². The van der Waals surface area contributed by atoms with Crippen LogP contribution in [0.1, 0.15) is 303 Å². The lowest BCUT2D eigenvalue weighted by molar-refractivity contribution is -0.167. The molecule has 0 amide bonds. The number of carbonyl (C=O) groups excluding carboxylic acids is 3. The Balaban J connectivity index is 4.28. The number of hydrogen-bond acceptors (Lipinski definition) is 6. The largest absolute Gasteiger partial charge is 0.462 e. The molecule has 0 aromatic heterocycles. The number of ether oxygens (including phenoxy) is 3. The molecule has 0 aliphatic heterocycles. The molecule has 0 rings (SSSR count). The van der Waals surface area contributed by atoms with Crippen LogP contribution in [-0.4, -0.2) is 37.2 Å². The van der Waals surface area contributed by atoms with Gasteiger partial charge in [0.1, 0.15) is 13.2 Å². The lowest BCUT2D eigenvalue weighted by Gasteiger charge is -2.18. The molecule has 0 spiro atoms. The number of hydrogen-bond donors (Lipinski definition) is 0. The Morgan fingerprint density at radius 2 is 0.582 bits per heavy atom. The summed E-state index contributed by atoms with van der Waals surface area (Å²) in [6, 6.07) is 0. The molecule has 0 saturated heterocycles. The number of rotatable bonds is 53. The van der Waals surface area contributed by atoms with E-state index in [1.165, 1.54) is 161 Å². The van der Waals surface area contributed by atoms with Gasteiger partial charge in [0.25, 0.3) is 0 Å². The summed E-state index contributed by atoms with van der Waals surface area (Å²) in [6.45, 7) is 6.52. The van der Waals surface area contributed by atoms with Crippen molar-refractivity contribution >= 4 is 17.9 Å². The van der Waals surface area contributed by atoms with E-state index in [2.05, 4.69) is 69.4 Å². The van der Waals surface area contributed by atoms with E-state index < -0.39 is 6.10 Å². The van der Waals surface area contributed by atoms with Crippen LogP contribution in [0.3, 0.4) is 0 Å². The van der Waals surface area contributed by atoms with Gasteiger partial charge in [-0.25, -0.2) is 0 Å². The van der Waals surface area contributed by atoms with E-state index in [-0.39, 0.29) is 31.1 Å². The van der Waals surface area contributed by atoms with Crippen LogP contribution in [-0.2, 0) is 28.6 Å². The first-order valence-electron chi connectivity index (χ1n) is 29.1. The van der Waals surface area contributed by atoms with E-state index >= 15 is 0 Å². The van der Waals surface area contributed by atoms with Crippen molar-refractivity contribution in [3.63, 3.8) is 0 Å². The third-order valence-electron chi connectivity index (χ3n) is 12.8. The first kappa shape index (κ1) is 64.4. The zero-order chi connectivity index (χ0) is 48.6. The summed E-state index contributed by atoms with van der Waals surface area (Å²) < 4.78 is 16.8. The van der Waals surface area contributed by atoms with Crippen molar-refractivity contribution in [2.24, 2.45) is 0 Å². The van der Waals surface area contributed by atoms with Crippen LogP contribution in [0.5, 0.6) is 0 Å². The fourth-order valence-corrected chi connectivity index (χ4v) is 8.45. The Kier molecular flexibility index (Phi) is 53.8. The number of allylic oxidation sites excluding steroid dienone is 8. The van der Waals surface area contributed by atoms with Gasteiger partial charge < -0.3 is 14.2 Å². The van der Waals surface area contributed by atoms with E-state index in [1.54, 1.807) is 0 Å². The first-order chi connectivity index (χ1) is 33.0. The van der Waals surface area contributed by atoms with Crippen LogP contribution in [0.15, 0.2) is 48.6 Å². The number of carbonyl (C=O) groups is 3. The van der Waals surface area contributed by atoms with E-state index in [1.807, 2.05) is 0 Å². The highest BCUT2D eigenvalue weighted by Gasteiger charge is 2.19. The van der Waals surface area contributed by atoms with Crippen molar-refractivity contribution < 1.29 is 28.6 Å². The van der Waals surface area contributed by atoms with Crippen molar-refractivity contribution in [3.8, 4) is 0 Å². The molecule has 67 heavy (non-hydrogen) atoms. The van der Waals surface area contributed by atoms with E-state index in [4.69, 9.17) is 14.2 Å². The second kappa shape index (κ2) is 56.0. The van der Waals surface area contributed by atoms with Gasteiger partial charge in [0.05, 0.1) is 0 Å². The summed E-state index contributed by atoms with van der Waals surface area (Å²) in [5.74, 6) is -0.893. The van der Waals surface area contributed by atoms with Gasteiger partial charge in [-0.2, -0.15) is 0 Å². The minimum absolute atomic E-state index is 0.0799. The third-order valence-corrected chi connectivity index (χ3v) is 12.8. The Morgan fingerprint density at radius 3 is 0.955 bits per heavy atom. The fourth-order valence-electron chi connectivity index (χ4n) is 8.45. The summed E-state index contributed by atoms with van der Waals surface area (Å²) >= 11 is 0. The molecule has 0 fully saturated rings. The Morgan fingerprint density at radius 1 is 0.313 bits per heavy atom. The summed E-state index contributed by atoms with van der Waals surface area (Å²) in [7, 11) is 0. The minimum Gasteiger partial charge on any atom is -0.462 e. The molecular weight excluding hydrogens is 829 g/mol. The molecule has 0 saturated carbocycles. The van der Waals surface area contributed by atoms with Crippen molar-refractivity contribution in [1.29, 1.82) is 0 Å². The standard InChI is InChI=1S/C61H110O6/c1-4-7-10-13-16-19-22-25-27-28-29-30-31-32-33-35-36-39-42-45-48-51-54-60(63)66-57-58(56-65-59(62)53-50-47-44-41-38-24-21-18-15-12-9-6-3)67-61(64)55-52-49-46-43-40-37-34-26-23-20-17-14-11-8-5-2/h8,11,17-18,20-21,26,34,58H,4-7,9-10,12-16,19,22-25,27-33,35-57H2,1-3H3/b11-8-,20-17-,21-18-,34-26-. The maximum atomic E-state index is 12.8. The van der Waals surface area contributed by atoms with Gasteiger partial charge in [-0.3, -0.25) is 14.4 Å². The van der Waals surface area contributed by atoms with Crippen LogP contribution in [0.2, 0.25) is 0 Å². The first-order valence-corrected chi connectivity index (χ1v) is 29.1. The van der Waals surface area contributed by atoms with Gasteiger partial charge in [0, 0.05) is 19.3 Å². The topological polar surface area (TPSA) is 78.9 Å². The summed E-state index contributed by atoms with van der Waals surface area (Å²) in [5, 5.41) is 0. The molecule has 390 valence electrons. The monoisotopic (exact) mass is 939 g/mol. The highest BCUT2D eigenvalue weighted by Crippen LogP contribution is 2.17. The lowest BCUT2D eigenvalue weighted by atomic mass is 10.0. The van der Waals surface area contributed by atoms with Gasteiger partial charge in [0.2, 0.25) is 0 Å². The molecule has 1 atom stereocenters. The molecular formula is C61H110O6. The molecule has 0 N–H and O–H groups in total. The zero-order valence-corrected chi connectivity index (χ0v) is 44.7. The second-order valence-electron chi connectivity index (χ2n) is 19.5. The van der Waals surface area contributed by atoms with Crippen LogP contribution in [0.25, 0.3) is 0 Å². The predicted molar refractivity (Wildman–Crippen MR) is 289 cm³/mol. The average molecular weight is 940 g/mol. The maximum absolute atomic E-state index is 12.8. The lowest BCUT2D eigenvalue weighted by Crippen LogP contribution is -2.30. The average Bonchev–Trinajstić information content (AvgIpc) is 3.33. The molecule has 0 aromatic carbocycles. The Hall–Kier alpha value is -2.63. The zero-order valence-electron chi connectivity index (χ0n) is 44.7. The minimum atomic E-state index is -0.783. The molecule has 0 aromatic rings. The quantitative estimate of drug-likeness (QED) is 0.0262. The summed E-state index contributed by atoms with van der Waals surface area (Å²) in [6.07, 6.45) is 68.3. The summed E-state index contributed by atoms with van der Waals surface area (Å²) in [4.78, 5) is 38.1. The second-order valence-corrected chi connectivity index (χ2v) is 19.5. The molecule has 1 unspecified atom stereocenters. The molecule has 6 heteroatoms. The number of unbranched alkanes of at least 4 members (excludes halogenated alkanes) is 34.